The molecule has 1 aliphatic heterocycles. The van der Waals surface area contributed by atoms with Crippen molar-refractivity contribution in [3.63, 3.8) is 0 Å². The lowest BCUT2D eigenvalue weighted by atomic mass is 10.1. The van der Waals surface area contributed by atoms with Gasteiger partial charge in [0, 0.05) is 19.2 Å². The molecule has 3 rings (SSSR count). The minimum Gasteiger partial charge on any atom is -0.267 e. The fourth-order valence-electron chi connectivity index (χ4n) is 2.48. The van der Waals surface area contributed by atoms with Crippen molar-refractivity contribution in [3.8, 4) is 0 Å². The highest BCUT2D eigenvalue weighted by molar-refractivity contribution is 6.31. The van der Waals surface area contributed by atoms with Crippen LogP contribution in [0.5, 0.6) is 0 Å². The number of nitrogens with zero attached hydrogens (tertiary/aromatic N) is 3. The molecule has 0 aliphatic carbocycles. The van der Waals surface area contributed by atoms with Crippen molar-refractivity contribution in [2.45, 2.75) is 0 Å². The van der Waals surface area contributed by atoms with Crippen LogP contribution in [0.2, 0.25) is 0 Å². The summed E-state index contributed by atoms with van der Waals surface area (Å²) in [6, 6.07) is 14.6. The third-order valence-electron chi connectivity index (χ3n) is 3.64. The summed E-state index contributed by atoms with van der Waals surface area (Å²) in [5, 5.41) is 13.3. The summed E-state index contributed by atoms with van der Waals surface area (Å²) in [5.41, 5.74) is 0.849. The topological polar surface area (TPSA) is 83.8 Å². The smallest absolute Gasteiger partial charge is 0.267 e. The van der Waals surface area contributed by atoms with Crippen LogP contribution in [0.4, 0.5) is 11.4 Å². The Morgan fingerprint density at radius 1 is 1.00 bits per heavy atom. The molecule has 1 aliphatic rings. The summed E-state index contributed by atoms with van der Waals surface area (Å²) < 4.78 is 0. The van der Waals surface area contributed by atoms with Crippen LogP contribution in [-0.2, 0) is 9.59 Å². The maximum Gasteiger partial charge on any atom is 0.282 e. The number of carbonyl (C=O) groups excluding carboxylic acids is 2. The second-order valence-corrected chi connectivity index (χ2v) is 5.19. The summed E-state index contributed by atoms with van der Waals surface area (Å²) in [4.78, 5) is 35.3. The van der Waals surface area contributed by atoms with Gasteiger partial charge >= 0.3 is 0 Å². The minimum atomic E-state index is -0.525. The van der Waals surface area contributed by atoms with E-state index in [0.717, 1.165) is 0 Å². The first-order valence-corrected chi connectivity index (χ1v) is 7.12. The van der Waals surface area contributed by atoms with Gasteiger partial charge in [0.15, 0.2) is 0 Å². The number of anilines is 1. The van der Waals surface area contributed by atoms with Crippen molar-refractivity contribution >= 4 is 29.3 Å². The number of nitro groups is 1. The van der Waals surface area contributed by atoms with Gasteiger partial charge in [-0.25, -0.2) is 10.0 Å². The zero-order valence-electron chi connectivity index (χ0n) is 12.7. The zero-order chi connectivity index (χ0) is 17.3. The van der Waals surface area contributed by atoms with Crippen LogP contribution < -0.4 is 5.01 Å². The number of likely N-dealkylation sites (N-methyl/N-ethyl adjacent to an activating group) is 1. The molecule has 0 saturated carbocycles. The fourth-order valence-corrected chi connectivity index (χ4v) is 2.48. The number of hydrogen-bond acceptors (Lipinski definition) is 4. The minimum absolute atomic E-state index is 0.0400. The highest BCUT2D eigenvalue weighted by Gasteiger charge is 2.39. The molecule has 1 saturated heterocycles. The molecule has 0 spiro atoms. The molecule has 0 bridgehead atoms. The first-order chi connectivity index (χ1) is 11.5. The number of amides is 2. The Morgan fingerprint density at radius 3 is 2.38 bits per heavy atom. The first-order valence-electron chi connectivity index (χ1n) is 7.12. The summed E-state index contributed by atoms with van der Waals surface area (Å²) in [5.74, 6) is -0.935. The molecule has 7 heteroatoms. The number of para-hydroxylation sites is 1. The zero-order valence-corrected chi connectivity index (χ0v) is 12.7. The van der Waals surface area contributed by atoms with E-state index < -0.39 is 16.7 Å². The van der Waals surface area contributed by atoms with Crippen LogP contribution >= 0.6 is 0 Å². The number of non-ortho nitro benzene ring substituents is 1. The lowest BCUT2D eigenvalue weighted by molar-refractivity contribution is -0.384. The van der Waals surface area contributed by atoms with Gasteiger partial charge in [-0.3, -0.25) is 19.7 Å². The second-order valence-electron chi connectivity index (χ2n) is 5.19. The van der Waals surface area contributed by atoms with Gasteiger partial charge in [0.1, 0.15) is 5.57 Å². The van der Waals surface area contributed by atoms with Crippen LogP contribution in [0, 0.1) is 10.1 Å². The molecule has 0 radical (unpaired) electrons. The molecule has 0 unspecified atom stereocenters. The molecule has 1 heterocycles. The normalized spacial score (nSPS) is 16.1. The van der Waals surface area contributed by atoms with Crippen molar-refractivity contribution in [1.82, 2.24) is 5.01 Å². The predicted molar refractivity (Wildman–Crippen MR) is 87.8 cm³/mol. The van der Waals surface area contributed by atoms with E-state index in [2.05, 4.69) is 0 Å². The van der Waals surface area contributed by atoms with E-state index in [9.17, 15) is 19.7 Å². The molecule has 0 aromatic heterocycles. The van der Waals surface area contributed by atoms with Gasteiger partial charge in [-0.1, -0.05) is 30.3 Å². The van der Waals surface area contributed by atoms with Crippen LogP contribution in [-0.4, -0.2) is 28.8 Å². The molecule has 120 valence electrons. The Morgan fingerprint density at radius 2 is 1.71 bits per heavy atom. The second kappa shape index (κ2) is 5.96. The van der Waals surface area contributed by atoms with Crippen molar-refractivity contribution in [2.75, 3.05) is 12.1 Å². The van der Waals surface area contributed by atoms with Gasteiger partial charge in [-0.2, -0.15) is 0 Å². The van der Waals surface area contributed by atoms with E-state index in [1.807, 2.05) is 6.07 Å². The number of rotatable bonds is 3. The monoisotopic (exact) mass is 323 g/mol. The van der Waals surface area contributed by atoms with Gasteiger partial charge in [-0.15, -0.1) is 0 Å². The number of benzene rings is 2. The Balaban J connectivity index is 2.00. The predicted octanol–water partition coefficient (Wildman–Crippen LogP) is 2.40. The van der Waals surface area contributed by atoms with Crippen molar-refractivity contribution < 1.29 is 14.5 Å². The molecule has 0 N–H and O–H groups in total. The lowest BCUT2D eigenvalue weighted by Gasteiger charge is -2.22. The fraction of sp³-hybridized carbons (Fsp3) is 0.0588. The van der Waals surface area contributed by atoms with Gasteiger partial charge < -0.3 is 0 Å². The van der Waals surface area contributed by atoms with E-state index in [1.165, 1.54) is 41.3 Å². The quantitative estimate of drug-likeness (QED) is 0.376. The van der Waals surface area contributed by atoms with Gasteiger partial charge in [0.25, 0.3) is 17.5 Å². The Labute approximate surface area is 137 Å². The van der Waals surface area contributed by atoms with E-state index in [-0.39, 0.29) is 11.3 Å². The van der Waals surface area contributed by atoms with E-state index in [1.54, 1.807) is 30.3 Å². The number of hydrazine groups is 1. The largest absolute Gasteiger partial charge is 0.282 e. The third kappa shape index (κ3) is 2.63. The molecule has 7 nitrogen and oxygen atoms in total. The molecule has 0 atom stereocenters. The van der Waals surface area contributed by atoms with Crippen molar-refractivity contribution in [3.05, 3.63) is 75.8 Å². The highest BCUT2D eigenvalue weighted by Crippen LogP contribution is 2.27. The van der Waals surface area contributed by atoms with Crippen LogP contribution in [0.25, 0.3) is 6.08 Å². The average Bonchev–Trinajstić information content (AvgIpc) is 2.79. The van der Waals surface area contributed by atoms with Crippen molar-refractivity contribution in [2.24, 2.45) is 0 Å². The molecule has 2 aromatic carbocycles. The number of nitro benzene ring substituents is 1. The van der Waals surface area contributed by atoms with E-state index >= 15 is 0 Å². The summed E-state index contributed by atoms with van der Waals surface area (Å²) in [7, 11) is 1.50. The Bertz CT molecular complexity index is 861. The van der Waals surface area contributed by atoms with Gasteiger partial charge in [-0.05, 0) is 23.8 Å². The van der Waals surface area contributed by atoms with E-state index in [4.69, 9.17) is 0 Å². The summed E-state index contributed by atoms with van der Waals surface area (Å²) in [6.45, 7) is 0. The SMILES string of the molecule is CN1C(=O)/C(=C/c2cccc([N+](=O)[O-])c2)C(=O)N1c1ccccc1. The van der Waals surface area contributed by atoms with E-state index in [0.29, 0.717) is 11.3 Å². The van der Waals surface area contributed by atoms with Gasteiger partial charge in [0.2, 0.25) is 0 Å². The number of hydrogen-bond donors (Lipinski definition) is 0. The first kappa shape index (κ1) is 15.4. The molecular weight excluding hydrogens is 310 g/mol. The molecule has 24 heavy (non-hydrogen) atoms. The molecule has 2 amide bonds. The molecule has 2 aromatic rings. The van der Waals surface area contributed by atoms with Crippen LogP contribution in [0.1, 0.15) is 5.56 Å². The highest BCUT2D eigenvalue weighted by atomic mass is 16.6. The number of carbonyl (C=O) groups is 2. The maximum absolute atomic E-state index is 12.6. The standard InChI is InChI=1S/C17H13N3O4/c1-18-16(21)15(11-12-6-5-9-14(10-12)20(23)24)17(22)19(18)13-7-3-2-4-8-13/h2-11H,1H3/b15-11-. The Hall–Kier alpha value is -3.48. The average molecular weight is 323 g/mol. The van der Waals surface area contributed by atoms with Crippen LogP contribution in [0.3, 0.4) is 0 Å². The van der Waals surface area contributed by atoms with Crippen LogP contribution in [0.15, 0.2) is 60.2 Å². The maximum atomic E-state index is 12.6. The third-order valence-corrected chi connectivity index (χ3v) is 3.64. The summed E-state index contributed by atoms with van der Waals surface area (Å²) in [6.07, 6.45) is 1.37. The lowest BCUT2D eigenvalue weighted by Crippen LogP contribution is -2.37. The Kier molecular flexibility index (Phi) is 3.83. The summed E-state index contributed by atoms with van der Waals surface area (Å²) >= 11 is 0. The van der Waals surface area contributed by atoms with Gasteiger partial charge in [0.05, 0.1) is 10.6 Å². The molecular formula is C17H13N3O4. The van der Waals surface area contributed by atoms with Crippen molar-refractivity contribution in [1.29, 1.82) is 0 Å². The molecule has 1 fully saturated rings.